The first-order chi connectivity index (χ1) is 18.9. The lowest BCUT2D eigenvalue weighted by Crippen LogP contribution is -2.54. The van der Waals surface area contributed by atoms with Gasteiger partial charge in [0.2, 0.25) is 4.99 Å². The SMILES string of the molecule is CCc1ccc(C2=NN(c3ccccc3)C3(SC(C(C)=O)=NN3c3cccc(Cl)c3C)c3ccccc32)cc1. The molecule has 194 valence electrons. The predicted molar refractivity (Wildman–Crippen MR) is 163 cm³/mol. The Hall–Kier alpha value is -3.87. The van der Waals surface area contributed by atoms with Crippen LogP contribution >= 0.6 is 23.4 Å². The van der Waals surface area contributed by atoms with Crippen molar-refractivity contribution in [3.05, 3.63) is 130 Å². The number of carbonyl (C=O) groups is 1. The Morgan fingerprint density at radius 2 is 1.59 bits per heavy atom. The smallest absolute Gasteiger partial charge is 0.234 e. The molecule has 4 aromatic carbocycles. The molecule has 7 heteroatoms. The van der Waals surface area contributed by atoms with Crippen molar-refractivity contribution in [2.45, 2.75) is 32.2 Å². The van der Waals surface area contributed by atoms with Crippen LogP contribution in [0.2, 0.25) is 5.02 Å². The van der Waals surface area contributed by atoms with Crippen LogP contribution < -0.4 is 10.0 Å². The minimum Gasteiger partial charge on any atom is -0.292 e. The lowest BCUT2D eigenvalue weighted by molar-refractivity contribution is -0.110. The van der Waals surface area contributed by atoms with Crippen LogP contribution in [-0.4, -0.2) is 16.5 Å². The number of Topliss-reactive ketones (excluding diaryl/α,β-unsaturated/α-hetero) is 1. The maximum atomic E-state index is 12.8. The van der Waals surface area contributed by atoms with E-state index in [2.05, 4.69) is 43.3 Å². The lowest BCUT2D eigenvalue weighted by atomic mass is 9.92. The van der Waals surface area contributed by atoms with Crippen LogP contribution in [0, 0.1) is 6.92 Å². The molecule has 0 amide bonds. The molecule has 5 nitrogen and oxygen atoms in total. The van der Waals surface area contributed by atoms with Crippen molar-refractivity contribution in [2.24, 2.45) is 10.2 Å². The number of ketones is 1. The molecule has 1 spiro atoms. The molecule has 0 saturated heterocycles. The van der Waals surface area contributed by atoms with Gasteiger partial charge in [-0.05, 0) is 60.5 Å². The normalized spacial score (nSPS) is 18.2. The zero-order chi connectivity index (χ0) is 27.1. The summed E-state index contributed by atoms with van der Waals surface area (Å²) in [5, 5.41) is 15.2. The summed E-state index contributed by atoms with van der Waals surface area (Å²) in [5.41, 5.74) is 7.71. The zero-order valence-electron chi connectivity index (χ0n) is 21.9. The summed E-state index contributed by atoms with van der Waals surface area (Å²) in [7, 11) is 0. The van der Waals surface area contributed by atoms with E-state index in [1.54, 1.807) is 6.92 Å². The molecule has 4 aromatic rings. The summed E-state index contributed by atoms with van der Waals surface area (Å²) in [6, 6.07) is 32.7. The first kappa shape index (κ1) is 25.4. The second-order valence-corrected chi connectivity index (χ2v) is 11.1. The maximum Gasteiger partial charge on any atom is 0.234 e. The van der Waals surface area contributed by atoms with Crippen LogP contribution in [0.1, 0.15) is 41.7 Å². The van der Waals surface area contributed by atoms with E-state index in [1.807, 2.05) is 77.6 Å². The fraction of sp³-hybridized carbons (Fsp3) is 0.156. The molecule has 0 N–H and O–H groups in total. The first-order valence-corrected chi connectivity index (χ1v) is 14.1. The van der Waals surface area contributed by atoms with Gasteiger partial charge in [0.15, 0.2) is 10.8 Å². The summed E-state index contributed by atoms with van der Waals surface area (Å²) in [6.07, 6.45) is 0.971. The number of carbonyl (C=O) groups excluding carboxylic acids is 1. The molecule has 0 fully saturated rings. The van der Waals surface area contributed by atoms with Crippen molar-refractivity contribution >= 4 is 51.3 Å². The molecule has 0 aromatic heterocycles. The van der Waals surface area contributed by atoms with E-state index in [4.69, 9.17) is 21.8 Å². The van der Waals surface area contributed by atoms with Gasteiger partial charge in [0.1, 0.15) is 0 Å². The predicted octanol–water partition coefficient (Wildman–Crippen LogP) is 7.75. The molecule has 0 radical (unpaired) electrons. The van der Waals surface area contributed by atoms with Gasteiger partial charge in [0, 0.05) is 28.6 Å². The van der Waals surface area contributed by atoms with Crippen molar-refractivity contribution in [2.75, 3.05) is 10.0 Å². The number of fused-ring (bicyclic) bond motifs is 2. The molecule has 2 aliphatic rings. The Morgan fingerprint density at radius 3 is 2.31 bits per heavy atom. The number of anilines is 2. The standard InChI is InChI=1S/C32H27ClN4OS/c1-4-23-17-19-24(20-18-23)30-26-13-8-9-14-27(26)32(36(34-30)25-11-6-5-7-12-25)37(35-31(39-32)22(3)38)29-16-10-15-28(33)21(29)2/h5-20H,4H2,1-3H3. The van der Waals surface area contributed by atoms with E-state index in [0.717, 1.165) is 45.8 Å². The third-order valence-corrected chi connectivity index (χ3v) is 8.96. The molecule has 39 heavy (non-hydrogen) atoms. The van der Waals surface area contributed by atoms with Gasteiger partial charge in [0.25, 0.3) is 0 Å². The molecular weight excluding hydrogens is 524 g/mol. The van der Waals surface area contributed by atoms with E-state index in [0.29, 0.717) is 10.1 Å². The number of halogens is 1. The van der Waals surface area contributed by atoms with Gasteiger partial charge in [-0.15, -0.1) is 0 Å². The Kier molecular flexibility index (Phi) is 6.53. The molecule has 2 aliphatic heterocycles. The molecule has 0 aliphatic carbocycles. The van der Waals surface area contributed by atoms with Crippen molar-refractivity contribution in [3.63, 3.8) is 0 Å². The second-order valence-electron chi connectivity index (χ2n) is 9.56. The highest BCUT2D eigenvalue weighted by Crippen LogP contribution is 2.55. The number of hydrogen-bond acceptors (Lipinski definition) is 6. The van der Waals surface area contributed by atoms with Crippen LogP contribution in [0.25, 0.3) is 0 Å². The van der Waals surface area contributed by atoms with Gasteiger partial charge in [-0.3, -0.25) is 4.79 Å². The molecule has 2 heterocycles. The number of rotatable bonds is 5. The maximum absolute atomic E-state index is 12.8. The Morgan fingerprint density at radius 1 is 0.872 bits per heavy atom. The number of aryl methyl sites for hydroxylation is 1. The van der Waals surface area contributed by atoms with Crippen LogP contribution in [0.3, 0.4) is 0 Å². The van der Waals surface area contributed by atoms with E-state index in [-0.39, 0.29) is 5.78 Å². The third-order valence-electron chi connectivity index (χ3n) is 7.14. The van der Waals surface area contributed by atoms with Gasteiger partial charge in [0.05, 0.1) is 17.1 Å². The topological polar surface area (TPSA) is 48.3 Å². The molecule has 0 bridgehead atoms. The van der Waals surface area contributed by atoms with E-state index >= 15 is 0 Å². The summed E-state index contributed by atoms with van der Waals surface area (Å²) in [5.74, 6) is -0.100. The van der Waals surface area contributed by atoms with Crippen molar-refractivity contribution in [1.29, 1.82) is 0 Å². The number of hydrogen-bond donors (Lipinski definition) is 0. The summed E-state index contributed by atoms with van der Waals surface area (Å²) < 4.78 is 0. The number of hydrazone groups is 2. The van der Waals surface area contributed by atoms with Gasteiger partial charge >= 0.3 is 0 Å². The number of para-hydroxylation sites is 1. The van der Waals surface area contributed by atoms with E-state index < -0.39 is 4.99 Å². The van der Waals surface area contributed by atoms with Gasteiger partial charge in [-0.25, -0.2) is 10.0 Å². The fourth-order valence-electron chi connectivity index (χ4n) is 5.07. The fourth-order valence-corrected chi connectivity index (χ4v) is 6.52. The van der Waals surface area contributed by atoms with Crippen molar-refractivity contribution in [3.8, 4) is 0 Å². The van der Waals surface area contributed by atoms with E-state index in [9.17, 15) is 4.79 Å². The third kappa shape index (κ3) is 4.15. The van der Waals surface area contributed by atoms with Crippen LogP contribution in [0.5, 0.6) is 0 Å². The second kappa shape index (κ2) is 10.0. The Bertz CT molecular complexity index is 1630. The summed E-state index contributed by atoms with van der Waals surface area (Å²) >= 11 is 8.02. The molecule has 6 rings (SSSR count). The number of thioether (sulfide) groups is 1. The van der Waals surface area contributed by atoms with Crippen LogP contribution in [0.15, 0.2) is 107 Å². The van der Waals surface area contributed by atoms with E-state index in [1.165, 1.54) is 17.3 Å². The first-order valence-electron chi connectivity index (χ1n) is 12.9. The average Bonchev–Trinajstić information content (AvgIpc) is 3.36. The number of nitrogens with zero attached hydrogens (tertiary/aromatic N) is 4. The highest BCUT2D eigenvalue weighted by molar-refractivity contribution is 8.17. The monoisotopic (exact) mass is 550 g/mol. The molecular formula is C32H27ClN4OS. The zero-order valence-corrected chi connectivity index (χ0v) is 23.5. The van der Waals surface area contributed by atoms with Crippen LogP contribution in [-0.2, 0) is 16.2 Å². The average molecular weight is 551 g/mol. The summed E-state index contributed by atoms with van der Waals surface area (Å²) in [6.45, 7) is 5.68. The van der Waals surface area contributed by atoms with Crippen molar-refractivity contribution in [1.82, 2.24) is 0 Å². The quantitative estimate of drug-likeness (QED) is 0.255. The number of benzene rings is 4. The minimum absolute atomic E-state index is 0.100. The summed E-state index contributed by atoms with van der Waals surface area (Å²) in [4.78, 5) is 11.8. The Balaban J connectivity index is 1.66. The lowest BCUT2D eigenvalue weighted by Gasteiger charge is -2.47. The van der Waals surface area contributed by atoms with Gasteiger partial charge in [-0.2, -0.15) is 10.2 Å². The molecule has 0 saturated carbocycles. The van der Waals surface area contributed by atoms with Gasteiger partial charge in [-0.1, -0.05) is 91.3 Å². The van der Waals surface area contributed by atoms with Crippen LogP contribution in [0.4, 0.5) is 11.4 Å². The largest absolute Gasteiger partial charge is 0.292 e. The van der Waals surface area contributed by atoms with Crippen molar-refractivity contribution < 1.29 is 4.79 Å². The minimum atomic E-state index is -0.999. The highest BCUT2D eigenvalue weighted by atomic mass is 35.5. The Labute approximate surface area is 237 Å². The molecule has 1 atom stereocenters. The highest BCUT2D eigenvalue weighted by Gasteiger charge is 2.56. The molecule has 1 unspecified atom stereocenters. The van der Waals surface area contributed by atoms with Gasteiger partial charge < -0.3 is 0 Å².